The van der Waals surface area contributed by atoms with E-state index in [2.05, 4.69) is 85.0 Å². The minimum absolute atomic E-state index is 0.105. The van der Waals surface area contributed by atoms with Crippen molar-refractivity contribution in [2.24, 2.45) is 5.92 Å². The smallest absolute Gasteiger partial charge is 0.163 e. The van der Waals surface area contributed by atoms with Gasteiger partial charge in [-0.3, -0.25) is 0 Å². The van der Waals surface area contributed by atoms with Crippen LogP contribution >= 0.6 is 7.92 Å². The van der Waals surface area contributed by atoms with Crippen LogP contribution in [0.25, 0.3) is 0 Å². The van der Waals surface area contributed by atoms with Gasteiger partial charge in [0.15, 0.2) is 5.79 Å². The molecule has 1 aliphatic heterocycles. The maximum absolute atomic E-state index is 6.39. The van der Waals surface area contributed by atoms with Crippen LogP contribution < -0.4 is 10.6 Å². The molecule has 2 aliphatic rings. The third kappa shape index (κ3) is 4.58. The maximum Gasteiger partial charge on any atom is 0.163 e. The van der Waals surface area contributed by atoms with E-state index >= 15 is 0 Å². The van der Waals surface area contributed by atoms with Gasteiger partial charge in [0.25, 0.3) is 0 Å². The Balaban J connectivity index is 1.58. The summed E-state index contributed by atoms with van der Waals surface area (Å²) >= 11 is 0. The molecule has 0 unspecified atom stereocenters. The van der Waals surface area contributed by atoms with Crippen molar-refractivity contribution < 1.29 is 9.47 Å². The lowest BCUT2D eigenvalue weighted by Gasteiger charge is -2.25. The summed E-state index contributed by atoms with van der Waals surface area (Å²) in [6.07, 6.45) is 10.9. The minimum Gasteiger partial charge on any atom is -0.345 e. The molecule has 0 aromatic heterocycles. The van der Waals surface area contributed by atoms with Gasteiger partial charge in [0.2, 0.25) is 0 Å². The summed E-state index contributed by atoms with van der Waals surface area (Å²) < 4.78 is 12.7. The highest BCUT2D eigenvalue weighted by atomic mass is 31.1. The highest BCUT2D eigenvalue weighted by Crippen LogP contribution is 2.41. The minimum atomic E-state index is -0.518. The molecule has 0 amide bonds. The van der Waals surface area contributed by atoms with Crippen LogP contribution in [-0.4, -0.2) is 24.2 Å². The standard InChI is InChI=1S/C24H27O2P/c1-24(2)25-22(17-19-11-9-10-12-19)23(26-24)18-27(20-13-5-3-6-14-20)21-15-7-4-8-16-21/h3-16,19,22-23H,17-18H2,1-2H3/t22-,23-/m0/s1. The summed E-state index contributed by atoms with van der Waals surface area (Å²) in [5.74, 6) is -0.0647. The molecule has 3 heteroatoms. The molecule has 1 fully saturated rings. The molecular formula is C24H27O2P. The maximum atomic E-state index is 6.39. The van der Waals surface area contributed by atoms with Gasteiger partial charge in [-0.25, -0.2) is 0 Å². The van der Waals surface area contributed by atoms with Crippen molar-refractivity contribution in [2.75, 3.05) is 6.16 Å². The average Bonchev–Trinajstić information content (AvgIpc) is 3.28. The van der Waals surface area contributed by atoms with Crippen molar-refractivity contribution in [2.45, 2.75) is 38.3 Å². The summed E-state index contributed by atoms with van der Waals surface area (Å²) in [5.41, 5.74) is 0. The Hall–Kier alpha value is -1.73. The largest absolute Gasteiger partial charge is 0.345 e. The highest BCUT2D eigenvalue weighted by Gasteiger charge is 2.42. The Morgan fingerprint density at radius 1 is 0.778 bits per heavy atom. The molecule has 0 N–H and O–H groups in total. The van der Waals surface area contributed by atoms with E-state index in [9.17, 15) is 0 Å². The molecule has 2 aromatic rings. The Kier molecular flexibility index (Phi) is 5.59. The average molecular weight is 378 g/mol. The third-order valence-corrected chi connectivity index (χ3v) is 7.68. The number of rotatable bonds is 6. The molecule has 1 heterocycles. The van der Waals surface area contributed by atoms with E-state index in [1.54, 1.807) is 0 Å². The van der Waals surface area contributed by atoms with E-state index in [-0.39, 0.29) is 12.2 Å². The highest BCUT2D eigenvalue weighted by molar-refractivity contribution is 7.73. The van der Waals surface area contributed by atoms with E-state index in [0.717, 1.165) is 12.6 Å². The monoisotopic (exact) mass is 378 g/mol. The molecule has 0 spiro atoms. The normalized spacial score (nSPS) is 24.1. The Bertz CT molecular complexity index is 746. The van der Waals surface area contributed by atoms with Crippen LogP contribution in [0.1, 0.15) is 20.3 Å². The first-order chi connectivity index (χ1) is 13.1. The second-order valence-corrected chi connectivity index (χ2v) is 9.92. The van der Waals surface area contributed by atoms with Crippen molar-refractivity contribution in [3.8, 4) is 0 Å². The zero-order valence-corrected chi connectivity index (χ0v) is 16.9. The molecule has 0 saturated carbocycles. The zero-order chi connectivity index (χ0) is 18.7. The molecule has 27 heavy (non-hydrogen) atoms. The second kappa shape index (κ2) is 8.10. The predicted octanol–water partition coefficient (Wildman–Crippen LogP) is 4.77. The van der Waals surface area contributed by atoms with E-state index < -0.39 is 13.7 Å². The lowest BCUT2D eigenvalue weighted by molar-refractivity contribution is -0.145. The Morgan fingerprint density at radius 2 is 1.30 bits per heavy atom. The number of hydrogen-bond acceptors (Lipinski definition) is 2. The van der Waals surface area contributed by atoms with Crippen LogP contribution in [0.4, 0.5) is 0 Å². The van der Waals surface area contributed by atoms with E-state index in [1.165, 1.54) is 10.6 Å². The van der Waals surface area contributed by atoms with Crippen molar-refractivity contribution in [1.82, 2.24) is 0 Å². The first kappa shape index (κ1) is 18.6. The van der Waals surface area contributed by atoms with Crippen LogP contribution in [0.15, 0.2) is 85.0 Å². The van der Waals surface area contributed by atoms with Gasteiger partial charge in [0.05, 0.1) is 12.2 Å². The van der Waals surface area contributed by atoms with Crippen molar-refractivity contribution in [1.29, 1.82) is 0 Å². The van der Waals surface area contributed by atoms with Gasteiger partial charge in [-0.05, 0) is 44.7 Å². The lowest BCUT2D eigenvalue weighted by atomic mass is 10.0. The van der Waals surface area contributed by atoms with E-state index in [4.69, 9.17) is 9.47 Å². The molecular weight excluding hydrogens is 351 g/mol. The van der Waals surface area contributed by atoms with Crippen LogP contribution in [0.5, 0.6) is 0 Å². The molecule has 140 valence electrons. The van der Waals surface area contributed by atoms with Crippen molar-refractivity contribution >= 4 is 18.5 Å². The Labute approximate surface area is 163 Å². The van der Waals surface area contributed by atoms with E-state index in [1.807, 2.05) is 13.8 Å². The second-order valence-electron chi connectivity index (χ2n) is 7.66. The summed E-state index contributed by atoms with van der Waals surface area (Å²) in [5, 5.41) is 2.79. The molecule has 0 bridgehead atoms. The molecule has 4 rings (SSSR count). The SMILES string of the molecule is CC1(C)O[C@@H](CC2C=CC=C2)[C@H](CP(c2ccccc2)c2ccccc2)O1. The first-order valence-electron chi connectivity index (χ1n) is 9.69. The number of allylic oxidation sites excluding steroid dienone is 4. The van der Waals surface area contributed by atoms with Crippen LogP contribution in [0.2, 0.25) is 0 Å². The fraction of sp³-hybridized carbons (Fsp3) is 0.333. The van der Waals surface area contributed by atoms with Gasteiger partial charge < -0.3 is 9.47 Å². The van der Waals surface area contributed by atoms with Crippen molar-refractivity contribution in [3.63, 3.8) is 0 Å². The fourth-order valence-corrected chi connectivity index (χ4v) is 6.38. The molecule has 1 aliphatic carbocycles. The van der Waals surface area contributed by atoms with E-state index in [0.29, 0.717) is 5.92 Å². The molecule has 1 saturated heterocycles. The van der Waals surface area contributed by atoms with Gasteiger partial charge in [0.1, 0.15) is 0 Å². The molecule has 2 atom stereocenters. The van der Waals surface area contributed by atoms with Crippen molar-refractivity contribution in [3.05, 3.63) is 85.0 Å². The van der Waals surface area contributed by atoms with Gasteiger partial charge in [-0.1, -0.05) is 85.0 Å². The van der Waals surface area contributed by atoms with Gasteiger partial charge in [-0.15, -0.1) is 0 Å². The van der Waals surface area contributed by atoms with Gasteiger partial charge in [0, 0.05) is 6.16 Å². The first-order valence-corrected chi connectivity index (χ1v) is 11.2. The summed E-state index contributed by atoms with van der Waals surface area (Å²) in [6, 6.07) is 21.7. The molecule has 0 radical (unpaired) electrons. The molecule has 2 nitrogen and oxygen atoms in total. The van der Waals surface area contributed by atoms with Crippen LogP contribution in [0.3, 0.4) is 0 Å². The summed E-state index contributed by atoms with van der Waals surface area (Å²) in [4.78, 5) is 0. The zero-order valence-electron chi connectivity index (χ0n) is 16.0. The molecule has 2 aromatic carbocycles. The summed E-state index contributed by atoms with van der Waals surface area (Å²) in [7, 11) is -0.489. The van der Waals surface area contributed by atoms with Crippen LogP contribution in [-0.2, 0) is 9.47 Å². The predicted molar refractivity (Wildman–Crippen MR) is 114 cm³/mol. The quantitative estimate of drug-likeness (QED) is 0.674. The third-order valence-electron chi connectivity index (χ3n) is 5.12. The topological polar surface area (TPSA) is 18.5 Å². The lowest BCUT2D eigenvalue weighted by Crippen LogP contribution is -2.30. The van der Waals surface area contributed by atoms with Crippen LogP contribution in [0, 0.1) is 5.92 Å². The van der Waals surface area contributed by atoms with Gasteiger partial charge in [-0.2, -0.15) is 0 Å². The number of hydrogen-bond donors (Lipinski definition) is 0. The summed E-state index contributed by atoms with van der Waals surface area (Å²) in [6.45, 7) is 4.07. The fourth-order valence-electron chi connectivity index (χ4n) is 3.92. The Morgan fingerprint density at radius 3 is 1.85 bits per heavy atom. The van der Waals surface area contributed by atoms with Gasteiger partial charge >= 0.3 is 0 Å². The number of benzene rings is 2. The number of ether oxygens (including phenoxy) is 2.